The van der Waals surface area contributed by atoms with Gasteiger partial charge in [-0.15, -0.1) is 0 Å². The van der Waals surface area contributed by atoms with Crippen molar-refractivity contribution in [2.75, 3.05) is 34.0 Å². The fourth-order valence-corrected chi connectivity index (χ4v) is 4.34. The van der Waals surface area contributed by atoms with Gasteiger partial charge in [0.05, 0.1) is 36.5 Å². The number of likely N-dealkylation sites (tertiary alicyclic amines) is 1. The Hall–Kier alpha value is -3.23. The summed E-state index contributed by atoms with van der Waals surface area (Å²) in [6, 6.07) is 9.13. The smallest absolute Gasteiger partial charge is 0.295 e. The van der Waals surface area contributed by atoms with Crippen LogP contribution in [0.15, 0.2) is 42.0 Å². The van der Waals surface area contributed by atoms with Gasteiger partial charge in [0.2, 0.25) is 0 Å². The maximum atomic E-state index is 13.3. The first kappa shape index (κ1) is 27.4. The molecule has 3 rings (SSSR count). The summed E-state index contributed by atoms with van der Waals surface area (Å²) < 4.78 is 22.0. The Morgan fingerprint density at radius 3 is 2.50 bits per heavy atom. The molecule has 9 heteroatoms. The first-order chi connectivity index (χ1) is 17.2. The first-order valence-corrected chi connectivity index (χ1v) is 12.2. The Morgan fingerprint density at radius 2 is 1.86 bits per heavy atom. The summed E-state index contributed by atoms with van der Waals surface area (Å²) in [6.45, 7) is 6.70. The minimum atomic E-state index is -0.865. The van der Waals surface area contributed by atoms with Gasteiger partial charge in [-0.1, -0.05) is 17.7 Å². The molecule has 1 aliphatic rings. The van der Waals surface area contributed by atoms with Crippen molar-refractivity contribution in [2.24, 2.45) is 0 Å². The minimum absolute atomic E-state index is 0.0625. The van der Waals surface area contributed by atoms with Gasteiger partial charge in [-0.2, -0.15) is 0 Å². The number of ether oxygens (including phenoxy) is 4. The Morgan fingerprint density at radius 1 is 1.11 bits per heavy atom. The Kier molecular flexibility index (Phi) is 9.23. The Bertz CT molecular complexity index is 1140. The highest BCUT2D eigenvalue weighted by Crippen LogP contribution is 2.43. The third kappa shape index (κ3) is 5.77. The van der Waals surface area contributed by atoms with Crippen molar-refractivity contribution in [3.8, 4) is 17.2 Å². The second-order valence-corrected chi connectivity index (χ2v) is 8.90. The molecule has 1 unspecified atom stereocenters. The van der Waals surface area contributed by atoms with Crippen molar-refractivity contribution < 1.29 is 33.6 Å². The molecule has 1 fully saturated rings. The highest BCUT2D eigenvalue weighted by molar-refractivity contribution is 6.47. The molecule has 1 N–H and O–H groups in total. The van der Waals surface area contributed by atoms with Crippen molar-refractivity contribution in [1.29, 1.82) is 0 Å². The number of aliphatic hydroxyl groups is 1. The number of halogens is 1. The number of aliphatic hydroxyl groups excluding tert-OH is 1. The van der Waals surface area contributed by atoms with Gasteiger partial charge in [0.1, 0.15) is 11.5 Å². The van der Waals surface area contributed by atoms with Crippen molar-refractivity contribution in [2.45, 2.75) is 39.3 Å². The normalized spacial score (nSPS) is 17.1. The van der Waals surface area contributed by atoms with Gasteiger partial charge in [0.15, 0.2) is 11.5 Å². The van der Waals surface area contributed by atoms with Gasteiger partial charge in [-0.3, -0.25) is 9.59 Å². The number of methoxy groups -OCH3 is 2. The second-order valence-electron chi connectivity index (χ2n) is 8.49. The average Bonchev–Trinajstić information content (AvgIpc) is 3.10. The van der Waals surface area contributed by atoms with Crippen LogP contribution in [0.4, 0.5) is 0 Å². The molecule has 1 amide bonds. The molecule has 2 aromatic rings. The molecule has 8 nitrogen and oxygen atoms in total. The molecule has 0 saturated carbocycles. The topological polar surface area (TPSA) is 94.5 Å². The number of amides is 1. The number of carbonyl (C=O) groups is 2. The Labute approximate surface area is 216 Å². The standard InChI is InChI=1S/C27H32ClNO7/c1-6-35-18-9-10-20(28)19(15-18)25(30)23-24(29(12-7-13-33-4)27(32)26(23)31)17-8-11-21(36-16(2)3)22(14-17)34-5/h8-11,14-16,24,30H,6-7,12-13H2,1-5H3/b25-23+. The summed E-state index contributed by atoms with van der Waals surface area (Å²) in [7, 11) is 3.08. The van der Waals surface area contributed by atoms with Crippen LogP contribution in [-0.4, -0.2) is 61.8 Å². The third-order valence-corrected chi connectivity index (χ3v) is 5.99. The number of rotatable bonds is 11. The molecular weight excluding hydrogens is 486 g/mol. The van der Waals surface area contributed by atoms with E-state index in [1.807, 2.05) is 20.8 Å². The van der Waals surface area contributed by atoms with Crippen molar-refractivity contribution in [3.63, 3.8) is 0 Å². The van der Waals surface area contributed by atoms with Crippen LogP contribution >= 0.6 is 11.6 Å². The van der Waals surface area contributed by atoms with Crippen molar-refractivity contribution in [3.05, 3.63) is 58.1 Å². The molecule has 0 spiro atoms. The number of nitrogens with zero attached hydrogens (tertiary/aromatic N) is 1. The van der Waals surface area contributed by atoms with E-state index in [-0.39, 0.29) is 34.6 Å². The van der Waals surface area contributed by atoms with E-state index in [1.54, 1.807) is 43.5 Å². The lowest BCUT2D eigenvalue weighted by molar-refractivity contribution is -0.140. The first-order valence-electron chi connectivity index (χ1n) is 11.8. The zero-order valence-electron chi connectivity index (χ0n) is 21.2. The average molecular weight is 518 g/mol. The molecule has 1 aliphatic heterocycles. The largest absolute Gasteiger partial charge is 0.507 e. The van der Waals surface area contributed by atoms with Gasteiger partial charge in [-0.25, -0.2) is 0 Å². The monoisotopic (exact) mass is 517 g/mol. The van der Waals surface area contributed by atoms with Gasteiger partial charge < -0.3 is 29.0 Å². The Balaban J connectivity index is 2.19. The summed E-state index contributed by atoms with van der Waals surface area (Å²) in [4.78, 5) is 27.8. The maximum Gasteiger partial charge on any atom is 0.295 e. The van der Waals surface area contributed by atoms with Crippen LogP contribution in [0.25, 0.3) is 5.76 Å². The number of carbonyl (C=O) groups excluding carboxylic acids is 2. The van der Waals surface area contributed by atoms with E-state index in [0.29, 0.717) is 42.4 Å². The van der Waals surface area contributed by atoms with Crippen LogP contribution in [0.5, 0.6) is 17.2 Å². The minimum Gasteiger partial charge on any atom is -0.507 e. The fraction of sp³-hybridized carbons (Fsp3) is 0.407. The number of benzene rings is 2. The van der Waals surface area contributed by atoms with Gasteiger partial charge in [-0.05, 0) is 63.1 Å². The highest BCUT2D eigenvalue weighted by Gasteiger charge is 2.46. The molecule has 0 radical (unpaired) electrons. The van der Waals surface area contributed by atoms with Gasteiger partial charge >= 0.3 is 0 Å². The number of hydrogen-bond donors (Lipinski definition) is 1. The quantitative estimate of drug-likeness (QED) is 0.194. The summed E-state index contributed by atoms with van der Waals surface area (Å²) in [6.07, 6.45) is 0.427. The molecule has 2 aromatic carbocycles. The molecule has 0 aliphatic carbocycles. The SMILES string of the molecule is CCOc1ccc(Cl)c(/C(O)=C2\C(=O)C(=O)N(CCCOC)C2c2ccc(OC(C)C)c(OC)c2)c1. The molecule has 0 bridgehead atoms. The predicted molar refractivity (Wildman–Crippen MR) is 137 cm³/mol. The van der Waals surface area contributed by atoms with Crippen LogP contribution < -0.4 is 14.2 Å². The highest BCUT2D eigenvalue weighted by atomic mass is 35.5. The number of Topliss-reactive ketones (excluding diaryl/α,β-unsaturated/α-hetero) is 1. The van der Waals surface area contributed by atoms with Gasteiger partial charge in [0, 0.05) is 25.8 Å². The lowest BCUT2D eigenvalue weighted by atomic mass is 9.94. The van der Waals surface area contributed by atoms with Crippen LogP contribution in [0.2, 0.25) is 5.02 Å². The van der Waals surface area contributed by atoms with Crippen molar-refractivity contribution in [1.82, 2.24) is 4.90 Å². The molecule has 0 aromatic heterocycles. The summed E-state index contributed by atoms with van der Waals surface area (Å²) >= 11 is 6.39. The van der Waals surface area contributed by atoms with Crippen LogP contribution in [-0.2, 0) is 14.3 Å². The van der Waals surface area contributed by atoms with E-state index in [1.165, 1.54) is 12.0 Å². The van der Waals surface area contributed by atoms with Gasteiger partial charge in [0.25, 0.3) is 11.7 Å². The molecular formula is C27H32ClNO7. The van der Waals surface area contributed by atoms with E-state index in [0.717, 1.165) is 0 Å². The van der Waals surface area contributed by atoms with Crippen LogP contribution in [0.3, 0.4) is 0 Å². The third-order valence-electron chi connectivity index (χ3n) is 5.66. The lowest BCUT2D eigenvalue weighted by Crippen LogP contribution is -2.31. The fourth-order valence-electron chi connectivity index (χ4n) is 4.13. The van der Waals surface area contributed by atoms with E-state index in [9.17, 15) is 14.7 Å². The number of ketones is 1. The zero-order valence-corrected chi connectivity index (χ0v) is 21.9. The molecule has 194 valence electrons. The number of hydrogen-bond acceptors (Lipinski definition) is 7. The molecule has 1 saturated heterocycles. The van der Waals surface area contributed by atoms with Crippen LogP contribution in [0.1, 0.15) is 44.4 Å². The van der Waals surface area contributed by atoms with E-state index < -0.39 is 17.7 Å². The summed E-state index contributed by atoms with van der Waals surface area (Å²) in [5.74, 6) is -0.433. The zero-order chi connectivity index (χ0) is 26.4. The summed E-state index contributed by atoms with van der Waals surface area (Å²) in [5, 5.41) is 11.6. The predicted octanol–water partition coefficient (Wildman–Crippen LogP) is 4.99. The summed E-state index contributed by atoms with van der Waals surface area (Å²) in [5.41, 5.74) is 0.722. The maximum absolute atomic E-state index is 13.3. The van der Waals surface area contributed by atoms with Crippen molar-refractivity contribution >= 4 is 29.1 Å². The lowest BCUT2D eigenvalue weighted by Gasteiger charge is -2.26. The van der Waals surface area contributed by atoms with E-state index >= 15 is 0 Å². The molecule has 36 heavy (non-hydrogen) atoms. The van der Waals surface area contributed by atoms with E-state index in [4.69, 9.17) is 30.5 Å². The second kappa shape index (κ2) is 12.1. The molecule has 1 atom stereocenters. The van der Waals surface area contributed by atoms with Crippen LogP contribution in [0, 0.1) is 0 Å². The molecule has 1 heterocycles. The van der Waals surface area contributed by atoms with E-state index in [2.05, 4.69) is 0 Å².